The Morgan fingerprint density at radius 2 is 1.92 bits per heavy atom. The maximum Gasteiger partial charge on any atom is 0.241 e. The lowest BCUT2D eigenvalue weighted by Gasteiger charge is -2.65. The van der Waals surface area contributed by atoms with Crippen LogP contribution in [0.15, 0.2) is 0 Å². The zero-order chi connectivity index (χ0) is 18.5. The Morgan fingerprint density at radius 3 is 2.52 bits per heavy atom. The maximum absolute atomic E-state index is 13.0. The molecule has 3 atom stereocenters. The second-order valence-electron chi connectivity index (χ2n) is 8.18. The van der Waals surface area contributed by atoms with Crippen molar-refractivity contribution in [3.63, 3.8) is 0 Å². The van der Waals surface area contributed by atoms with E-state index in [2.05, 4.69) is 5.32 Å². The summed E-state index contributed by atoms with van der Waals surface area (Å²) < 4.78 is 31.3. The van der Waals surface area contributed by atoms with Crippen LogP contribution < -0.4 is 11.1 Å². The van der Waals surface area contributed by atoms with E-state index < -0.39 is 21.0 Å². The van der Waals surface area contributed by atoms with E-state index in [4.69, 9.17) is 10.5 Å². The van der Waals surface area contributed by atoms with Gasteiger partial charge in [0.05, 0.1) is 11.9 Å². The number of sulfonamides is 1. The van der Waals surface area contributed by atoms with Crippen LogP contribution in [0.3, 0.4) is 0 Å². The number of nitrogens with two attached hydrogens (primary N) is 1. The number of carbonyl (C=O) groups is 1. The summed E-state index contributed by atoms with van der Waals surface area (Å²) >= 11 is 0. The molecule has 1 saturated carbocycles. The van der Waals surface area contributed by atoms with E-state index in [1.165, 1.54) is 4.31 Å². The van der Waals surface area contributed by atoms with E-state index in [1.54, 1.807) is 6.92 Å². The Balaban J connectivity index is 1.62. The largest absolute Gasteiger partial charge is 0.377 e. The minimum atomic E-state index is -3.15. The summed E-state index contributed by atoms with van der Waals surface area (Å²) in [7, 11) is -3.15. The van der Waals surface area contributed by atoms with Crippen LogP contribution in [0.25, 0.3) is 0 Å². The van der Waals surface area contributed by atoms with E-state index in [-0.39, 0.29) is 29.7 Å². The summed E-state index contributed by atoms with van der Waals surface area (Å²) in [5.74, 6) is 0.0746. The first kappa shape index (κ1) is 19.1. The van der Waals surface area contributed by atoms with Crippen molar-refractivity contribution in [2.75, 3.05) is 25.4 Å². The minimum absolute atomic E-state index is 0.0180. The van der Waals surface area contributed by atoms with Crippen LogP contribution in [0.5, 0.6) is 0 Å². The topological polar surface area (TPSA) is 102 Å². The van der Waals surface area contributed by atoms with E-state index in [0.717, 1.165) is 19.4 Å². The molecular weight excluding hydrogens is 342 g/mol. The van der Waals surface area contributed by atoms with Crippen LogP contribution in [-0.4, -0.2) is 61.8 Å². The summed E-state index contributed by atoms with van der Waals surface area (Å²) in [6.07, 6.45) is 3.17. The summed E-state index contributed by atoms with van der Waals surface area (Å²) in [6.45, 7) is 7.33. The van der Waals surface area contributed by atoms with E-state index in [0.29, 0.717) is 25.9 Å². The summed E-state index contributed by atoms with van der Waals surface area (Å²) in [5, 5.41) is 3.10. The van der Waals surface area contributed by atoms with Gasteiger partial charge in [0.25, 0.3) is 0 Å². The second-order valence-corrected chi connectivity index (χ2v) is 10.4. The molecule has 144 valence electrons. The number of carbonyl (C=O) groups excluding carboxylic acids is 1. The third-order valence-corrected chi connectivity index (χ3v) is 8.49. The van der Waals surface area contributed by atoms with Gasteiger partial charge in [-0.25, -0.2) is 12.7 Å². The fourth-order valence-corrected chi connectivity index (χ4v) is 5.93. The molecule has 0 spiro atoms. The molecule has 0 aromatic heterocycles. The molecule has 3 fully saturated rings. The molecule has 8 heteroatoms. The molecule has 2 aliphatic heterocycles. The van der Waals surface area contributed by atoms with Crippen LogP contribution in [-0.2, 0) is 19.6 Å². The van der Waals surface area contributed by atoms with Gasteiger partial charge in [-0.1, -0.05) is 13.8 Å². The first-order chi connectivity index (χ1) is 11.6. The molecule has 3 rings (SSSR count). The van der Waals surface area contributed by atoms with Crippen LogP contribution in [0.4, 0.5) is 0 Å². The van der Waals surface area contributed by atoms with Gasteiger partial charge >= 0.3 is 0 Å². The summed E-state index contributed by atoms with van der Waals surface area (Å²) in [5.41, 5.74) is 5.31. The molecule has 3 unspecified atom stereocenters. The molecule has 25 heavy (non-hydrogen) atoms. The highest BCUT2D eigenvalue weighted by molar-refractivity contribution is 7.89. The lowest BCUT2D eigenvalue weighted by molar-refractivity contribution is -0.225. The van der Waals surface area contributed by atoms with Crippen molar-refractivity contribution in [1.82, 2.24) is 9.62 Å². The van der Waals surface area contributed by atoms with E-state index in [1.807, 2.05) is 13.8 Å². The van der Waals surface area contributed by atoms with E-state index in [9.17, 15) is 13.2 Å². The second kappa shape index (κ2) is 6.48. The van der Waals surface area contributed by atoms with Crippen LogP contribution >= 0.6 is 0 Å². The van der Waals surface area contributed by atoms with Crippen molar-refractivity contribution < 1.29 is 17.9 Å². The van der Waals surface area contributed by atoms with Crippen molar-refractivity contribution >= 4 is 15.9 Å². The highest BCUT2D eigenvalue weighted by Gasteiger charge is 2.70. The molecule has 1 amide bonds. The zero-order valence-corrected chi connectivity index (χ0v) is 16.3. The van der Waals surface area contributed by atoms with Gasteiger partial charge in [-0.2, -0.15) is 0 Å². The number of nitrogens with zero attached hydrogens (tertiary/aromatic N) is 1. The highest BCUT2D eigenvalue weighted by Crippen LogP contribution is 2.57. The Morgan fingerprint density at radius 1 is 1.28 bits per heavy atom. The van der Waals surface area contributed by atoms with Gasteiger partial charge in [0, 0.05) is 37.1 Å². The molecule has 3 N–H and O–H groups in total. The third kappa shape index (κ3) is 2.91. The zero-order valence-electron chi connectivity index (χ0n) is 15.5. The average molecular weight is 374 g/mol. The number of amides is 1. The summed E-state index contributed by atoms with van der Waals surface area (Å²) in [4.78, 5) is 13.0. The van der Waals surface area contributed by atoms with Gasteiger partial charge < -0.3 is 15.8 Å². The highest BCUT2D eigenvalue weighted by atomic mass is 32.2. The SMILES string of the molecule is CCS(=O)(=O)N1CCC(NC(=O)C2(N)C3CCCOC3C2(C)C)CC1. The van der Waals surface area contributed by atoms with Crippen molar-refractivity contribution in [1.29, 1.82) is 0 Å². The van der Waals surface area contributed by atoms with Crippen LogP contribution in [0.2, 0.25) is 0 Å². The third-order valence-electron chi connectivity index (χ3n) is 6.61. The predicted octanol–water partition coefficient (Wildman–Crippen LogP) is 0.449. The van der Waals surface area contributed by atoms with Gasteiger partial charge in [0.15, 0.2) is 0 Å². The Bertz CT molecular complexity index is 628. The van der Waals surface area contributed by atoms with Gasteiger partial charge in [-0.3, -0.25) is 4.79 Å². The lowest BCUT2D eigenvalue weighted by atomic mass is 9.46. The van der Waals surface area contributed by atoms with Crippen LogP contribution in [0.1, 0.15) is 46.5 Å². The number of nitrogens with one attached hydrogen (secondary N) is 1. The van der Waals surface area contributed by atoms with Crippen molar-refractivity contribution in [2.45, 2.75) is 64.1 Å². The smallest absolute Gasteiger partial charge is 0.241 e. The molecule has 0 bridgehead atoms. The first-order valence-corrected chi connectivity index (χ1v) is 10.9. The standard InChI is InChI=1S/C17H31N3O4S/c1-4-25(22,23)20-9-7-12(8-10-20)19-15(21)17(18)13-6-5-11-24-14(13)16(17,2)3/h12-14H,4-11,18H2,1-3H3,(H,19,21). The molecule has 0 radical (unpaired) electrons. The number of ether oxygens (including phenoxy) is 1. The lowest BCUT2D eigenvalue weighted by Crippen LogP contribution is -2.82. The number of hydrogen-bond donors (Lipinski definition) is 2. The van der Waals surface area contributed by atoms with Gasteiger partial charge in [0.1, 0.15) is 5.54 Å². The number of piperidine rings is 1. The number of fused-ring (bicyclic) bond motifs is 1. The molecule has 2 saturated heterocycles. The molecule has 7 nitrogen and oxygen atoms in total. The molecular formula is C17H31N3O4S. The Hall–Kier alpha value is -0.700. The molecule has 0 aromatic rings. The van der Waals surface area contributed by atoms with Crippen LogP contribution in [0, 0.1) is 11.3 Å². The van der Waals surface area contributed by atoms with Crippen molar-refractivity contribution in [3.8, 4) is 0 Å². The Kier molecular flexibility index (Phi) is 4.94. The van der Waals surface area contributed by atoms with Gasteiger partial charge in [-0.15, -0.1) is 0 Å². The number of rotatable bonds is 4. The van der Waals surface area contributed by atoms with Gasteiger partial charge in [-0.05, 0) is 32.6 Å². The average Bonchev–Trinajstić information content (AvgIpc) is 2.61. The quantitative estimate of drug-likeness (QED) is 0.745. The Labute approximate surface area is 150 Å². The van der Waals surface area contributed by atoms with E-state index >= 15 is 0 Å². The van der Waals surface area contributed by atoms with Gasteiger partial charge in [0.2, 0.25) is 15.9 Å². The minimum Gasteiger partial charge on any atom is -0.377 e. The maximum atomic E-state index is 13.0. The number of hydrogen-bond acceptors (Lipinski definition) is 5. The monoisotopic (exact) mass is 373 g/mol. The molecule has 3 aliphatic rings. The molecule has 2 heterocycles. The van der Waals surface area contributed by atoms with Crippen molar-refractivity contribution in [2.24, 2.45) is 17.1 Å². The normalized spacial score (nSPS) is 36.3. The fourth-order valence-electron chi connectivity index (χ4n) is 4.80. The molecule has 1 aliphatic carbocycles. The fraction of sp³-hybridized carbons (Fsp3) is 0.941. The summed E-state index contributed by atoms with van der Waals surface area (Å²) in [6, 6.07) is -0.0180. The predicted molar refractivity (Wildman–Crippen MR) is 95.4 cm³/mol. The molecule has 0 aromatic carbocycles. The first-order valence-electron chi connectivity index (χ1n) is 9.34. The van der Waals surface area contributed by atoms with Crippen molar-refractivity contribution in [3.05, 3.63) is 0 Å².